The molecule has 4 nitrogen and oxygen atoms in total. The normalized spacial score (nSPS) is 12.9. The van der Waals surface area contributed by atoms with E-state index < -0.39 is 12.8 Å². The largest absolute Gasteiger partial charge is 0.343 e. The Morgan fingerprint density at radius 3 is 1.75 bits per heavy atom. The van der Waals surface area contributed by atoms with E-state index in [1.807, 2.05) is 27.7 Å². The topological polar surface area (TPSA) is 52.6 Å². The molecule has 5 heteroatoms. The van der Waals surface area contributed by atoms with E-state index in [4.69, 9.17) is 9.05 Å². The molecule has 0 fully saturated rings. The molecule has 0 aromatic rings. The molecule has 0 aromatic carbocycles. The Kier molecular flexibility index (Phi) is 8.88. The summed E-state index contributed by atoms with van der Waals surface area (Å²) in [5.74, 6) is -0.267. The molecule has 20 heavy (non-hydrogen) atoms. The van der Waals surface area contributed by atoms with Gasteiger partial charge < -0.3 is 9.05 Å². The van der Waals surface area contributed by atoms with Crippen LogP contribution >= 0.6 is 7.60 Å². The van der Waals surface area contributed by atoms with Gasteiger partial charge in [-0.2, -0.15) is 0 Å². The van der Waals surface area contributed by atoms with E-state index in [9.17, 15) is 9.36 Å². The molecule has 0 N–H and O–H groups in total. The summed E-state index contributed by atoms with van der Waals surface area (Å²) in [6, 6.07) is 0. The lowest BCUT2D eigenvalue weighted by Gasteiger charge is -2.33. The molecular weight excluding hydrogens is 275 g/mol. The fourth-order valence-corrected chi connectivity index (χ4v) is 3.85. The highest BCUT2D eigenvalue weighted by atomic mass is 31.2. The first-order valence-electron chi connectivity index (χ1n) is 7.66. The maximum atomic E-state index is 13.1. The van der Waals surface area contributed by atoms with Crippen LogP contribution in [0.2, 0.25) is 0 Å². The first kappa shape index (κ1) is 19.8. The number of hydrogen-bond acceptors (Lipinski definition) is 4. The molecule has 120 valence electrons. The number of rotatable bonds is 11. The summed E-state index contributed by atoms with van der Waals surface area (Å²) in [6.45, 7) is 11.8. The lowest BCUT2D eigenvalue weighted by atomic mass is 9.98. The number of unbranched alkanes of at least 4 members (excludes halogenated alkanes) is 2. The second kappa shape index (κ2) is 8.96. The van der Waals surface area contributed by atoms with Crippen LogP contribution in [0.25, 0.3) is 0 Å². The molecule has 0 atom stereocenters. The first-order chi connectivity index (χ1) is 9.23. The predicted octanol–water partition coefficient (Wildman–Crippen LogP) is 4.82. The highest BCUT2D eigenvalue weighted by Crippen LogP contribution is 2.61. The Labute approximate surface area is 124 Å². The van der Waals surface area contributed by atoms with E-state index in [2.05, 4.69) is 0 Å². The molecule has 0 aliphatic carbocycles. The molecule has 0 amide bonds. The van der Waals surface area contributed by atoms with Crippen molar-refractivity contribution in [2.75, 3.05) is 13.2 Å². The molecular formula is C15H31O4P. The van der Waals surface area contributed by atoms with E-state index in [1.54, 1.807) is 13.8 Å². The Hall–Kier alpha value is -0.180. The van der Waals surface area contributed by atoms with Gasteiger partial charge in [0, 0.05) is 5.92 Å². The van der Waals surface area contributed by atoms with Crippen LogP contribution in [0.3, 0.4) is 0 Å². The third-order valence-corrected chi connectivity index (χ3v) is 5.96. The van der Waals surface area contributed by atoms with Gasteiger partial charge >= 0.3 is 7.60 Å². The minimum atomic E-state index is -3.44. The van der Waals surface area contributed by atoms with Crippen LogP contribution in [0.5, 0.6) is 0 Å². The monoisotopic (exact) mass is 306 g/mol. The smallest absolute Gasteiger partial charge is 0.308 e. The molecule has 0 heterocycles. The Morgan fingerprint density at radius 2 is 1.45 bits per heavy atom. The van der Waals surface area contributed by atoms with Crippen molar-refractivity contribution >= 4 is 13.4 Å². The van der Waals surface area contributed by atoms with Crippen LogP contribution in [-0.4, -0.2) is 24.2 Å². The lowest BCUT2D eigenvalue weighted by Crippen LogP contribution is -2.36. The number of carbonyl (C=O) groups excluding carboxylic acids is 1. The zero-order valence-electron chi connectivity index (χ0n) is 13.9. The fraction of sp³-hybridized carbons (Fsp3) is 0.933. The van der Waals surface area contributed by atoms with E-state index in [0.29, 0.717) is 13.2 Å². The summed E-state index contributed by atoms with van der Waals surface area (Å²) in [4.78, 5) is 12.3. The molecule has 0 aliphatic rings. The molecule has 0 spiro atoms. The number of hydrogen-bond donors (Lipinski definition) is 0. The number of ketones is 1. The maximum absolute atomic E-state index is 13.1. The third-order valence-electron chi connectivity index (χ3n) is 3.33. The molecule has 0 aromatic heterocycles. The Morgan fingerprint density at radius 1 is 1.05 bits per heavy atom. The van der Waals surface area contributed by atoms with Crippen LogP contribution in [0.4, 0.5) is 0 Å². The van der Waals surface area contributed by atoms with Gasteiger partial charge in [0.05, 0.1) is 13.2 Å². The van der Waals surface area contributed by atoms with Gasteiger partial charge in [0.2, 0.25) is 0 Å². The van der Waals surface area contributed by atoms with Gasteiger partial charge in [-0.3, -0.25) is 9.36 Å². The molecule has 0 aliphatic heterocycles. The second-order valence-electron chi connectivity index (χ2n) is 5.95. The molecule has 0 radical (unpaired) electrons. The Bertz CT molecular complexity index is 323. The number of Topliss-reactive ketones (excluding diaryl/α,β-unsaturated/α-hetero) is 1. The average molecular weight is 306 g/mol. The number of carbonyl (C=O) groups is 1. The molecule has 0 saturated carbocycles. The van der Waals surface area contributed by atoms with Gasteiger partial charge in [-0.15, -0.1) is 0 Å². The van der Waals surface area contributed by atoms with Crippen molar-refractivity contribution in [2.45, 2.75) is 72.4 Å². The van der Waals surface area contributed by atoms with E-state index in [1.165, 1.54) is 0 Å². The van der Waals surface area contributed by atoms with Gasteiger partial charge in [0.1, 0.15) is 5.16 Å². The predicted molar refractivity (Wildman–Crippen MR) is 83.3 cm³/mol. The first-order valence-corrected chi connectivity index (χ1v) is 9.20. The highest BCUT2D eigenvalue weighted by Gasteiger charge is 2.49. The van der Waals surface area contributed by atoms with Crippen LogP contribution < -0.4 is 0 Å². The van der Waals surface area contributed by atoms with Crippen LogP contribution in [0.1, 0.15) is 67.2 Å². The summed E-state index contributed by atoms with van der Waals surface area (Å²) >= 11 is 0. The average Bonchev–Trinajstić information content (AvgIpc) is 2.38. The van der Waals surface area contributed by atoms with Crippen molar-refractivity contribution in [3.8, 4) is 0 Å². The second-order valence-corrected chi connectivity index (χ2v) is 8.58. The standard InChI is InChI=1S/C15H31O4P/c1-7-9-11-18-20(17,19-12-10-8-2)15(5,6)14(16)13(3)4/h13H,7-12H2,1-6H3. The van der Waals surface area contributed by atoms with Gasteiger partial charge in [-0.1, -0.05) is 40.5 Å². The SMILES string of the molecule is CCCCOP(=O)(OCCCC)C(C)(C)C(=O)C(C)C. The van der Waals surface area contributed by atoms with Crippen molar-refractivity contribution in [2.24, 2.45) is 5.92 Å². The van der Waals surface area contributed by atoms with Crippen molar-refractivity contribution in [1.82, 2.24) is 0 Å². The van der Waals surface area contributed by atoms with Crippen molar-refractivity contribution in [1.29, 1.82) is 0 Å². The van der Waals surface area contributed by atoms with Gasteiger partial charge in [-0.25, -0.2) is 0 Å². The summed E-state index contributed by atoms with van der Waals surface area (Å²) < 4.78 is 24.2. The zero-order chi connectivity index (χ0) is 15.8. The highest BCUT2D eigenvalue weighted by molar-refractivity contribution is 7.56. The van der Waals surface area contributed by atoms with Crippen molar-refractivity contribution in [3.63, 3.8) is 0 Å². The molecule has 0 unspecified atom stereocenters. The summed E-state index contributed by atoms with van der Waals surface area (Å²) in [5, 5.41) is -1.09. The molecule has 0 rings (SSSR count). The fourth-order valence-electron chi connectivity index (χ4n) is 1.86. The third kappa shape index (κ3) is 5.31. The summed E-state index contributed by atoms with van der Waals surface area (Å²) in [6.07, 6.45) is 3.53. The van der Waals surface area contributed by atoms with Crippen LogP contribution in [0.15, 0.2) is 0 Å². The summed E-state index contributed by atoms with van der Waals surface area (Å²) in [5.41, 5.74) is 0. The zero-order valence-corrected chi connectivity index (χ0v) is 14.8. The van der Waals surface area contributed by atoms with Crippen molar-refractivity contribution in [3.05, 3.63) is 0 Å². The van der Waals surface area contributed by atoms with Crippen LogP contribution in [-0.2, 0) is 18.4 Å². The van der Waals surface area contributed by atoms with Gasteiger partial charge in [0.15, 0.2) is 5.78 Å². The molecule has 0 bridgehead atoms. The van der Waals surface area contributed by atoms with Gasteiger partial charge in [0.25, 0.3) is 0 Å². The van der Waals surface area contributed by atoms with E-state index in [-0.39, 0.29) is 11.7 Å². The van der Waals surface area contributed by atoms with Crippen molar-refractivity contribution < 1.29 is 18.4 Å². The maximum Gasteiger partial charge on any atom is 0.343 e. The minimum Gasteiger partial charge on any atom is -0.308 e. The van der Waals surface area contributed by atoms with E-state index >= 15 is 0 Å². The van der Waals surface area contributed by atoms with Crippen LogP contribution in [0, 0.1) is 5.92 Å². The van der Waals surface area contributed by atoms with Gasteiger partial charge in [-0.05, 0) is 26.7 Å². The minimum absolute atomic E-state index is 0.0752. The van der Waals surface area contributed by atoms with E-state index in [0.717, 1.165) is 25.7 Å². The quantitative estimate of drug-likeness (QED) is 0.406. The lowest BCUT2D eigenvalue weighted by molar-refractivity contribution is -0.124. The Balaban J connectivity index is 5.06. The molecule has 0 saturated heterocycles. The summed E-state index contributed by atoms with van der Waals surface area (Å²) in [7, 11) is -3.44.